The third kappa shape index (κ3) is 5.34. The maximum atomic E-state index is 2.72. The van der Waals surface area contributed by atoms with E-state index < -0.39 is 5.41 Å². The summed E-state index contributed by atoms with van der Waals surface area (Å²) >= 11 is 0. The fourth-order valence-corrected chi connectivity index (χ4v) is 13.4. The van der Waals surface area contributed by atoms with Gasteiger partial charge < -0.3 is 9.71 Å². The van der Waals surface area contributed by atoms with Crippen LogP contribution >= 0.6 is 0 Å². The van der Waals surface area contributed by atoms with Gasteiger partial charge in [0.2, 0.25) is 0 Å². The third-order valence-corrected chi connectivity index (χ3v) is 16.3. The van der Waals surface area contributed by atoms with Crippen molar-refractivity contribution in [2.75, 3.05) is 9.71 Å². The number of fused-ring (bicyclic) bond motifs is 16. The van der Waals surface area contributed by atoms with Crippen molar-refractivity contribution in [2.24, 2.45) is 0 Å². The van der Waals surface area contributed by atoms with E-state index in [4.69, 9.17) is 0 Å². The molecule has 0 saturated carbocycles. The predicted octanol–water partition coefficient (Wildman–Crippen LogP) is 16.4. The van der Waals surface area contributed by atoms with E-state index in [0.29, 0.717) is 0 Å². The van der Waals surface area contributed by atoms with Crippen molar-refractivity contribution in [2.45, 2.75) is 5.41 Å². The molecule has 2 nitrogen and oxygen atoms in total. The molecule has 0 radical (unpaired) electrons. The van der Waals surface area contributed by atoms with Gasteiger partial charge in [0, 0.05) is 28.0 Å². The van der Waals surface area contributed by atoms with Gasteiger partial charge in [-0.15, -0.1) is 0 Å². The number of hydrogen-bond donors (Lipinski definition) is 0. The standard InChI is InChI=1S/C69H43BN2/c1-4-19-44(20-5-1)49-35-36-57-58-40-50-27-12-13-28-54(50)67-66(58)70(72(64(57)42-49)53-38-51(45-21-6-2-7-22-45)37-52(39-53)46-23-8-3-9-24-46)63-34-18-33-61-68(63)71(67)65-43-48-26-11-10-25-47(48)41-62(65)69(61)59-31-16-14-29-55(59)56-30-15-17-32-60(56)69/h1-43H. The van der Waals surface area contributed by atoms with Crippen LogP contribution in [0.25, 0.3) is 77.2 Å². The Labute approximate surface area is 419 Å². The largest absolute Gasteiger partial charge is 0.376 e. The first kappa shape index (κ1) is 39.6. The highest BCUT2D eigenvalue weighted by Gasteiger charge is 2.56. The maximum absolute atomic E-state index is 2.72. The van der Waals surface area contributed by atoms with Gasteiger partial charge in [-0.2, -0.15) is 0 Å². The first-order valence-electron chi connectivity index (χ1n) is 25.2. The van der Waals surface area contributed by atoms with Gasteiger partial charge in [-0.05, 0) is 142 Å². The summed E-state index contributed by atoms with van der Waals surface area (Å²) in [7, 11) is 0. The maximum Gasteiger partial charge on any atom is 0.333 e. The summed E-state index contributed by atoms with van der Waals surface area (Å²) in [5, 5.41) is 4.95. The summed E-state index contributed by atoms with van der Waals surface area (Å²) < 4.78 is 0. The highest BCUT2D eigenvalue weighted by atomic mass is 15.2. The highest BCUT2D eigenvalue weighted by molar-refractivity contribution is 6.94. The van der Waals surface area contributed by atoms with Crippen molar-refractivity contribution in [3.05, 3.63) is 283 Å². The van der Waals surface area contributed by atoms with Gasteiger partial charge in [0.15, 0.2) is 0 Å². The molecule has 0 unspecified atom stereocenters. The zero-order chi connectivity index (χ0) is 47.1. The summed E-state index contributed by atoms with van der Waals surface area (Å²) in [5.74, 6) is 0. The van der Waals surface area contributed by atoms with Crippen LogP contribution in [0.2, 0.25) is 0 Å². The average molecular weight is 911 g/mol. The second-order valence-electron chi connectivity index (χ2n) is 19.9. The molecular weight excluding hydrogens is 868 g/mol. The molecule has 12 aromatic carbocycles. The number of hydrogen-bond acceptors (Lipinski definition) is 2. The molecule has 0 amide bonds. The lowest BCUT2D eigenvalue weighted by Gasteiger charge is -2.52. The van der Waals surface area contributed by atoms with E-state index in [1.807, 2.05) is 0 Å². The molecule has 1 aliphatic carbocycles. The first-order chi connectivity index (χ1) is 35.7. The van der Waals surface area contributed by atoms with E-state index in [2.05, 4.69) is 271 Å². The van der Waals surface area contributed by atoms with E-state index in [0.717, 1.165) is 5.69 Å². The van der Waals surface area contributed by atoms with Crippen molar-refractivity contribution < 1.29 is 0 Å². The van der Waals surface area contributed by atoms with Crippen molar-refractivity contribution in [3.8, 4) is 55.6 Å². The Hall–Kier alpha value is -9.18. The lowest BCUT2D eigenvalue weighted by atomic mass is 9.42. The second-order valence-corrected chi connectivity index (χ2v) is 19.9. The van der Waals surface area contributed by atoms with Gasteiger partial charge >= 0.3 is 6.85 Å². The zero-order valence-corrected chi connectivity index (χ0v) is 39.3. The zero-order valence-electron chi connectivity index (χ0n) is 39.3. The number of rotatable bonds is 4. The quantitative estimate of drug-likeness (QED) is 0.162. The molecule has 72 heavy (non-hydrogen) atoms. The molecule has 16 rings (SSSR count). The fraction of sp³-hybridized carbons (Fsp3) is 0.0145. The average Bonchev–Trinajstić information content (AvgIpc) is 3.76. The Morgan fingerprint density at radius 3 is 1.53 bits per heavy atom. The smallest absolute Gasteiger partial charge is 0.333 e. The van der Waals surface area contributed by atoms with Crippen LogP contribution in [0.15, 0.2) is 261 Å². The second kappa shape index (κ2) is 14.9. The third-order valence-electron chi connectivity index (χ3n) is 16.3. The predicted molar refractivity (Wildman–Crippen MR) is 302 cm³/mol. The van der Waals surface area contributed by atoms with Crippen LogP contribution in [0.3, 0.4) is 0 Å². The van der Waals surface area contributed by atoms with E-state index in [1.165, 1.54) is 133 Å². The Balaban J connectivity index is 1.08. The van der Waals surface area contributed by atoms with Crippen LogP contribution < -0.4 is 20.6 Å². The lowest BCUT2D eigenvalue weighted by molar-refractivity contribution is 0.755. The minimum absolute atomic E-state index is 0.204. The summed E-state index contributed by atoms with van der Waals surface area (Å²) in [6, 6.07) is 98.4. The van der Waals surface area contributed by atoms with Gasteiger partial charge in [-0.3, -0.25) is 0 Å². The number of para-hydroxylation sites is 1. The van der Waals surface area contributed by atoms with Crippen LogP contribution in [0.5, 0.6) is 0 Å². The molecule has 1 spiro atoms. The molecule has 4 aliphatic rings. The molecule has 3 heteroatoms. The Bertz CT molecular complexity index is 4130. The van der Waals surface area contributed by atoms with Crippen LogP contribution in [0.1, 0.15) is 22.3 Å². The van der Waals surface area contributed by atoms with Gasteiger partial charge in [-0.1, -0.05) is 218 Å². The van der Waals surface area contributed by atoms with Crippen molar-refractivity contribution in [3.63, 3.8) is 0 Å². The summed E-state index contributed by atoms with van der Waals surface area (Å²) in [6.45, 7) is -0.204. The van der Waals surface area contributed by atoms with Crippen molar-refractivity contribution in [1.29, 1.82) is 0 Å². The van der Waals surface area contributed by atoms with Gasteiger partial charge in [-0.25, -0.2) is 0 Å². The highest BCUT2D eigenvalue weighted by Crippen LogP contribution is 2.65. The SMILES string of the molecule is c1ccc(-c2cc(-c3ccccc3)cc(N3B4c5cccc6c5N(c5cc7ccccc7cc5C65c6ccccc6-c6ccccc65)c5c4c(cc4ccccc54)-c4ccc(-c5ccccc5)cc43)c2)cc1. The Kier molecular flexibility index (Phi) is 8.21. The van der Waals surface area contributed by atoms with Crippen molar-refractivity contribution in [1.82, 2.24) is 0 Å². The topological polar surface area (TPSA) is 6.48 Å². The molecule has 0 fully saturated rings. The first-order valence-corrected chi connectivity index (χ1v) is 25.2. The molecule has 12 aromatic rings. The van der Waals surface area contributed by atoms with Crippen LogP contribution in [0, 0.1) is 0 Å². The van der Waals surface area contributed by atoms with E-state index in [1.54, 1.807) is 0 Å². The van der Waals surface area contributed by atoms with Gasteiger partial charge in [0.25, 0.3) is 0 Å². The normalized spacial score (nSPS) is 13.9. The molecule has 0 atom stereocenters. The molecule has 0 saturated heterocycles. The summed E-state index contributed by atoms with van der Waals surface area (Å²) in [4.78, 5) is 5.42. The minimum Gasteiger partial charge on any atom is -0.376 e. The van der Waals surface area contributed by atoms with Crippen LogP contribution in [-0.4, -0.2) is 6.85 Å². The number of benzene rings is 12. The lowest BCUT2D eigenvalue weighted by Crippen LogP contribution is -2.62. The molecule has 3 heterocycles. The monoisotopic (exact) mass is 910 g/mol. The van der Waals surface area contributed by atoms with Crippen LogP contribution in [-0.2, 0) is 5.41 Å². The van der Waals surface area contributed by atoms with E-state index in [-0.39, 0.29) is 6.85 Å². The fourth-order valence-electron chi connectivity index (χ4n) is 13.4. The Morgan fingerprint density at radius 2 is 0.861 bits per heavy atom. The van der Waals surface area contributed by atoms with E-state index >= 15 is 0 Å². The van der Waals surface area contributed by atoms with Gasteiger partial charge in [0.1, 0.15) is 0 Å². The number of anilines is 5. The molecule has 0 aromatic heterocycles. The summed E-state index contributed by atoms with van der Waals surface area (Å²) in [5.41, 5.74) is 25.7. The minimum atomic E-state index is -0.592. The van der Waals surface area contributed by atoms with Gasteiger partial charge in [0.05, 0.1) is 16.8 Å². The molecule has 3 aliphatic heterocycles. The van der Waals surface area contributed by atoms with Crippen molar-refractivity contribution >= 4 is 67.8 Å². The summed E-state index contributed by atoms with van der Waals surface area (Å²) in [6.07, 6.45) is 0. The Morgan fingerprint density at radius 1 is 0.306 bits per heavy atom. The number of nitrogens with zero attached hydrogens (tertiary/aromatic N) is 2. The molecule has 0 bridgehead atoms. The molecule has 0 N–H and O–H groups in total. The van der Waals surface area contributed by atoms with E-state index in [9.17, 15) is 0 Å². The molecular formula is C69H43BN2. The van der Waals surface area contributed by atoms with Crippen LogP contribution in [0.4, 0.5) is 28.4 Å². The molecule has 332 valence electrons.